The summed E-state index contributed by atoms with van der Waals surface area (Å²) < 4.78 is 6.47. The molecule has 132 valence electrons. The summed E-state index contributed by atoms with van der Waals surface area (Å²) in [6, 6.07) is 6.89. The lowest BCUT2D eigenvalue weighted by molar-refractivity contribution is -0.144. The summed E-state index contributed by atoms with van der Waals surface area (Å²) in [4.78, 5) is 24.0. The third-order valence-electron chi connectivity index (χ3n) is 3.85. The van der Waals surface area contributed by atoms with Crippen molar-refractivity contribution in [2.45, 2.75) is 25.6 Å². The number of carbonyl (C=O) groups excluding carboxylic acids is 2. The third kappa shape index (κ3) is 3.63. The van der Waals surface area contributed by atoms with Gasteiger partial charge in [-0.05, 0) is 31.5 Å². The second-order valence-corrected chi connectivity index (χ2v) is 6.73. The minimum Gasteiger partial charge on any atom is -0.508 e. The van der Waals surface area contributed by atoms with E-state index in [2.05, 4.69) is 10.4 Å². The fourth-order valence-electron chi connectivity index (χ4n) is 2.81. The zero-order valence-electron chi connectivity index (χ0n) is 14.0. The Morgan fingerprint density at radius 2 is 2.16 bits per heavy atom. The summed E-state index contributed by atoms with van der Waals surface area (Å²) in [6.45, 7) is 3.83. The highest BCUT2D eigenvalue weighted by molar-refractivity contribution is 8.00. The van der Waals surface area contributed by atoms with Gasteiger partial charge in [0.15, 0.2) is 0 Å². The van der Waals surface area contributed by atoms with E-state index in [4.69, 9.17) is 4.74 Å². The number of phenolic OH excluding ortho intramolecular Hbond substituents is 1. The molecule has 0 spiro atoms. The highest BCUT2D eigenvalue weighted by atomic mass is 32.2. The molecule has 0 bridgehead atoms. The van der Waals surface area contributed by atoms with Crippen molar-refractivity contribution >= 4 is 29.5 Å². The Kier molecular flexibility index (Phi) is 4.98. The van der Waals surface area contributed by atoms with Gasteiger partial charge in [-0.1, -0.05) is 12.1 Å². The number of phenols is 1. The molecule has 1 aliphatic heterocycles. The van der Waals surface area contributed by atoms with E-state index in [9.17, 15) is 14.7 Å². The molecular weight excluding hydrogens is 342 g/mol. The number of ether oxygens (including phenoxy) is 1. The predicted molar refractivity (Wildman–Crippen MR) is 94.6 cm³/mol. The molecule has 0 aliphatic carbocycles. The smallest absolute Gasteiger partial charge is 0.327 e. The number of aryl methyl sites for hydroxylation is 1. The van der Waals surface area contributed by atoms with Gasteiger partial charge in [-0.3, -0.25) is 9.59 Å². The van der Waals surface area contributed by atoms with Gasteiger partial charge in [0.2, 0.25) is 5.91 Å². The van der Waals surface area contributed by atoms with Gasteiger partial charge in [-0.2, -0.15) is 5.10 Å². The predicted octanol–water partition coefficient (Wildman–Crippen LogP) is 2.23. The van der Waals surface area contributed by atoms with Gasteiger partial charge in [-0.15, -0.1) is 11.8 Å². The molecule has 2 aromatic rings. The molecule has 0 saturated heterocycles. The lowest BCUT2D eigenvalue weighted by atomic mass is 10.0. The largest absolute Gasteiger partial charge is 0.508 e. The van der Waals surface area contributed by atoms with Gasteiger partial charge in [-0.25, -0.2) is 4.68 Å². The molecule has 3 rings (SSSR count). The van der Waals surface area contributed by atoms with Gasteiger partial charge < -0.3 is 15.2 Å². The molecule has 7 nitrogen and oxygen atoms in total. The zero-order valence-corrected chi connectivity index (χ0v) is 14.8. The van der Waals surface area contributed by atoms with E-state index >= 15 is 0 Å². The molecule has 2 N–H and O–H groups in total. The van der Waals surface area contributed by atoms with Crippen LogP contribution in [0.3, 0.4) is 0 Å². The molecule has 1 aliphatic rings. The quantitative estimate of drug-likeness (QED) is 0.811. The van der Waals surface area contributed by atoms with Crippen LogP contribution in [0.2, 0.25) is 0 Å². The van der Waals surface area contributed by atoms with Crippen molar-refractivity contribution in [2.24, 2.45) is 0 Å². The molecule has 8 heteroatoms. The molecule has 0 fully saturated rings. The van der Waals surface area contributed by atoms with Crippen LogP contribution in [0.1, 0.15) is 29.0 Å². The van der Waals surface area contributed by atoms with Gasteiger partial charge >= 0.3 is 5.97 Å². The summed E-state index contributed by atoms with van der Waals surface area (Å²) in [5, 5.41) is 16.7. The number of aromatic hydroxyl groups is 1. The maximum absolute atomic E-state index is 12.1. The lowest BCUT2D eigenvalue weighted by Crippen LogP contribution is -2.20. The van der Waals surface area contributed by atoms with Crippen LogP contribution in [0.15, 0.2) is 24.3 Å². The Morgan fingerprint density at radius 1 is 1.44 bits per heavy atom. The van der Waals surface area contributed by atoms with Crippen LogP contribution in [0, 0.1) is 6.92 Å². The van der Waals surface area contributed by atoms with Crippen LogP contribution in [0.5, 0.6) is 5.75 Å². The topological polar surface area (TPSA) is 93.5 Å². The van der Waals surface area contributed by atoms with Crippen LogP contribution in [0.4, 0.5) is 5.82 Å². The number of fused-ring (bicyclic) bond motifs is 1. The summed E-state index contributed by atoms with van der Waals surface area (Å²) in [7, 11) is 0. The first-order valence-electron chi connectivity index (χ1n) is 7.93. The van der Waals surface area contributed by atoms with E-state index in [-0.39, 0.29) is 23.5 Å². The van der Waals surface area contributed by atoms with E-state index in [1.165, 1.54) is 16.4 Å². The minimum atomic E-state index is -0.403. The summed E-state index contributed by atoms with van der Waals surface area (Å²) in [6.07, 6.45) is 0. The number of carbonyl (C=O) groups is 2. The number of nitrogens with one attached hydrogen (secondary N) is 1. The van der Waals surface area contributed by atoms with Gasteiger partial charge in [0, 0.05) is 5.56 Å². The van der Waals surface area contributed by atoms with Crippen LogP contribution < -0.4 is 5.32 Å². The number of rotatable bonds is 4. The molecule has 2 heterocycles. The first-order chi connectivity index (χ1) is 12.0. The standard InChI is InChI=1S/C17H19N3O4S/c1-3-24-14(23)8-20-17-15(10(2)19-20)16(25-9-13(22)18-17)11-4-6-12(21)7-5-11/h4-7,16,21H,3,8-9H2,1-2H3,(H,18,22). The average molecular weight is 361 g/mol. The summed E-state index contributed by atoms with van der Waals surface area (Å²) >= 11 is 1.49. The Hall–Kier alpha value is -2.48. The van der Waals surface area contributed by atoms with Crippen LogP contribution >= 0.6 is 11.8 Å². The van der Waals surface area contributed by atoms with Crippen molar-refractivity contribution in [2.75, 3.05) is 17.7 Å². The van der Waals surface area contributed by atoms with Crippen molar-refractivity contribution < 1.29 is 19.4 Å². The Bertz CT molecular complexity index is 801. The number of nitrogens with zero attached hydrogens (tertiary/aromatic N) is 2. The van der Waals surface area contributed by atoms with Gasteiger partial charge in [0.05, 0.1) is 23.3 Å². The number of amides is 1. The fraction of sp³-hybridized carbons (Fsp3) is 0.353. The normalized spacial score (nSPS) is 16.7. The number of hydrogen-bond donors (Lipinski definition) is 2. The van der Waals surface area contributed by atoms with Crippen molar-refractivity contribution in [1.82, 2.24) is 9.78 Å². The second-order valence-electron chi connectivity index (χ2n) is 5.64. The molecule has 0 saturated carbocycles. The first-order valence-corrected chi connectivity index (χ1v) is 8.97. The number of esters is 1. The average Bonchev–Trinajstić information content (AvgIpc) is 2.75. The number of aromatic nitrogens is 2. The highest BCUT2D eigenvalue weighted by Crippen LogP contribution is 2.43. The third-order valence-corrected chi connectivity index (χ3v) is 5.12. The van der Waals surface area contributed by atoms with E-state index in [1.807, 2.05) is 19.1 Å². The van der Waals surface area contributed by atoms with Gasteiger partial charge in [0.25, 0.3) is 0 Å². The fourth-order valence-corrected chi connectivity index (χ4v) is 4.00. The summed E-state index contributed by atoms with van der Waals surface area (Å²) in [5.41, 5.74) is 2.57. The molecular formula is C17H19N3O4S. The van der Waals surface area contributed by atoms with Crippen molar-refractivity contribution in [3.63, 3.8) is 0 Å². The van der Waals surface area contributed by atoms with Crippen LogP contribution in [-0.2, 0) is 20.9 Å². The van der Waals surface area contributed by atoms with Crippen molar-refractivity contribution in [3.05, 3.63) is 41.1 Å². The minimum absolute atomic E-state index is 0.0583. The number of benzene rings is 1. The molecule has 1 amide bonds. The Morgan fingerprint density at radius 3 is 2.84 bits per heavy atom. The maximum Gasteiger partial charge on any atom is 0.327 e. The zero-order chi connectivity index (χ0) is 18.0. The first kappa shape index (κ1) is 17.3. The van der Waals surface area contributed by atoms with E-state index in [1.54, 1.807) is 19.1 Å². The SMILES string of the molecule is CCOC(=O)Cn1nc(C)c2c1NC(=O)CSC2c1ccc(O)cc1. The van der Waals surface area contributed by atoms with Crippen LogP contribution in [-0.4, -0.2) is 39.1 Å². The molecule has 25 heavy (non-hydrogen) atoms. The molecule has 1 aromatic heterocycles. The molecule has 0 radical (unpaired) electrons. The summed E-state index contributed by atoms with van der Waals surface area (Å²) in [5.74, 6) is 0.460. The lowest BCUT2D eigenvalue weighted by Gasteiger charge is -2.15. The van der Waals surface area contributed by atoms with Gasteiger partial charge in [0.1, 0.15) is 18.1 Å². The van der Waals surface area contributed by atoms with E-state index in [0.29, 0.717) is 18.2 Å². The number of thioether (sulfide) groups is 1. The molecule has 1 unspecified atom stereocenters. The second kappa shape index (κ2) is 7.18. The maximum atomic E-state index is 12.1. The number of anilines is 1. The van der Waals surface area contributed by atoms with Crippen molar-refractivity contribution in [1.29, 1.82) is 0 Å². The van der Waals surface area contributed by atoms with E-state index < -0.39 is 5.97 Å². The highest BCUT2D eigenvalue weighted by Gasteiger charge is 2.30. The Balaban J connectivity index is 2.03. The van der Waals surface area contributed by atoms with Crippen molar-refractivity contribution in [3.8, 4) is 5.75 Å². The Labute approximate surface area is 149 Å². The molecule has 1 aromatic carbocycles. The van der Waals surface area contributed by atoms with Crippen LogP contribution in [0.25, 0.3) is 0 Å². The number of hydrogen-bond acceptors (Lipinski definition) is 6. The molecule has 1 atom stereocenters. The van der Waals surface area contributed by atoms with E-state index in [0.717, 1.165) is 16.8 Å². The monoisotopic (exact) mass is 361 g/mol.